The summed E-state index contributed by atoms with van der Waals surface area (Å²) in [6.07, 6.45) is -0.360. The number of nitrogens with one attached hydrogen (secondary N) is 2. The summed E-state index contributed by atoms with van der Waals surface area (Å²) in [4.78, 5) is 24.3. The topological polar surface area (TPSA) is 102 Å². The van der Waals surface area contributed by atoms with Gasteiger partial charge in [-0.05, 0) is 36.8 Å². The van der Waals surface area contributed by atoms with Crippen LogP contribution in [0.3, 0.4) is 0 Å². The van der Waals surface area contributed by atoms with E-state index in [-0.39, 0.29) is 12.3 Å². The second kappa shape index (κ2) is 5.80. The summed E-state index contributed by atoms with van der Waals surface area (Å²) in [6.45, 7) is 1.76. The first kappa shape index (κ1) is 15.7. The van der Waals surface area contributed by atoms with Crippen molar-refractivity contribution in [3.8, 4) is 6.07 Å². The molecule has 120 valence electrons. The summed E-state index contributed by atoms with van der Waals surface area (Å²) < 4.78 is 0. The van der Waals surface area contributed by atoms with E-state index in [0.29, 0.717) is 28.1 Å². The molecule has 2 aromatic rings. The Morgan fingerprint density at radius 3 is 2.71 bits per heavy atom. The highest BCUT2D eigenvalue weighted by atomic mass is 16.3. The maximum Gasteiger partial charge on any atom is 0.262 e. The maximum atomic E-state index is 12.3. The number of aliphatic hydroxyl groups is 1. The van der Waals surface area contributed by atoms with Gasteiger partial charge in [0.2, 0.25) is 0 Å². The molecule has 1 aliphatic heterocycles. The predicted octanol–water partition coefficient (Wildman–Crippen LogP) is 2.30. The van der Waals surface area contributed by atoms with Gasteiger partial charge in [-0.3, -0.25) is 9.59 Å². The Kier molecular flexibility index (Phi) is 3.80. The van der Waals surface area contributed by atoms with E-state index in [1.165, 1.54) is 6.07 Å². The number of anilines is 2. The van der Waals surface area contributed by atoms with Crippen molar-refractivity contribution < 1.29 is 14.7 Å². The number of nitriles is 1. The molecule has 0 saturated heterocycles. The van der Waals surface area contributed by atoms with Crippen molar-refractivity contribution in [3.05, 3.63) is 59.2 Å². The minimum absolute atomic E-state index is 0.295. The van der Waals surface area contributed by atoms with Crippen molar-refractivity contribution in [1.29, 1.82) is 5.26 Å². The lowest BCUT2D eigenvalue weighted by atomic mass is 9.91. The molecule has 3 N–H and O–H groups in total. The van der Waals surface area contributed by atoms with Gasteiger partial charge in [-0.1, -0.05) is 18.2 Å². The van der Waals surface area contributed by atoms with Gasteiger partial charge in [0.25, 0.3) is 11.8 Å². The van der Waals surface area contributed by atoms with E-state index < -0.39 is 11.5 Å². The molecule has 0 fully saturated rings. The van der Waals surface area contributed by atoms with E-state index in [1.54, 1.807) is 37.3 Å². The second-order valence-corrected chi connectivity index (χ2v) is 5.69. The first-order chi connectivity index (χ1) is 11.5. The number of amides is 2. The van der Waals surface area contributed by atoms with Gasteiger partial charge < -0.3 is 15.7 Å². The molecule has 1 unspecified atom stereocenters. The molecule has 6 nitrogen and oxygen atoms in total. The molecule has 24 heavy (non-hydrogen) atoms. The molecule has 3 rings (SSSR count). The smallest absolute Gasteiger partial charge is 0.262 e. The fourth-order valence-corrected chi connectivity index (χ4v) is 2.77. The molecule has 1 aliphatic rings. The van der Waals surface area contributed by atoms with E-state index >= 15 is 0 Å². The third-order valence-corrected chi connectivity index (χ3v) is 4.02. The molecule has 6 heteroatoms. The number of carbonyl (C=O) groups is 2. The highest BCUT2D eigenvalue weighted by Gasteiger charge is 2.46. The fraction of sp³-hybridized carbons (Fsp3) is 0.167. The molecule has 0 spiro atoms. The van der Waals surface area contributed by atoms with Crippen molar-refractivity contribution in [3.63, 3.8) is 0 Å². The highest BCUT2D eigenvalue weighted by Crippen LogP contribution is 2.41. The Morgan fingerprint density at radius 2 is 2.04 bits per heavy atom. The highest BCUT2D eigenvalue weighted by molar-refractivity contribution is 6.08. The van der Waals surface area contributed by atoms with Crippen molar-refractivity contribution in [2.24, 2.45) is 0 Å². The Balaban J connectivity index is 1.97. The third kappa shape index (κ3) is 2.51. The van der Waals surface area contributed by atoms with Crippen LogP contribution < -0.4 is 10.6 Å². The number of rotatable bonds is 3. The van der Waals surface area contributed by atoms with Crippen LogP contribution in [0.2, 0.25) is 0 Å². The van der Waals surface area contributed by atoms with Gasteiger partial charge in [-0.15, -0.1) is 0 Å². The van der Waals surface area contributed by atoms with Gasteiger partial charge in [0.1, 0.15) is 0 Å². The van der Waals surface area contributed by atoms with Gasteiger partial charge in [0.05, 0.1) is 18.2 Å². The Labute approximate surface area is 138 Å². The van der Waals surface area contributed by atoms with Crippen LogP contribution in [0.5, 0.6) is 0 Å². The van der Waals surface area contributed by atoms with Crippen LogP contribution in [0.4, 0.5) is 11.4 Å². The summed E-state index contributed by atoms with van der Waals surface area (Å²) in [6, 6.07) is 13.8. The van der Waals surface area contributed by atoms with Crippen LogP contribution >= 0.6 is 0 Å². The number of carbonyl (C=O) groups excluding carboxylic acids is 2. The maximum absolute atomic E-state index is 12.3. The Morgan fingerprint density at radius 1 is 1.33 bits per heavy atom. The van der Waals surface area contributed by atoms with Crippen molar-refractivity contribution in [1.82, 2.24) is 0 Å². The van der Waals surface area contributed by atoms with Crippen LogP contribution in [-0.4, -0.2) is 16.9 Å². The summed E-state index contributed by atoms with van der Waals surface area (Å²) in [5.74, 6) is -0.926. The first-order valence-corrected chi connectivity index (χ1v) is 7.38. The first-order valence-electron chi connectivity index (χ1n) is 7.38. The molecular formula is C18H15N3O3. The van der Waals surface area contributed by atoms with Gasteiger partial charge in [0, 0.05) is 16.8 Å². The molecule has 0 aromatic heterocycles. The van der Waals surface area contributed by atoms with Crippen LogP contribution in [0.25, 0.3) is 0 Å². The molecule has 2 amide bonds. The molecule has 0 bridgehead atoms. The molecular weight excluding hydrogens is 306 g/mol. The number of hydrogen-bond donors (Lipinski definition) is 3. The summed E-state index contributed by atoms with van der Waals surface area (Å²) in [5.41, 5.74) is 0.526. The van der Waals surface area contributed by atoms with Crippen LogP contribution in [0, 0.1) is 18.3 Å². The second-order valence-electron chi connectivity index (χ2n) is 5.69. The zero-order chi connectivity index (χ0) is 17.3. The minimum atomic E-state index is -1.90. The Bertz CT molecular complexity index is 871. The average molecular weight is 321 g/mol. The molecule has 1 heterocycles. The van der Waals surface area contributed by atoms with Gasteiger partial charge in [-0.25, -0.2) is 0 Å². The molecule has 1 atom stereocenters. The minimum Gasteiger partial charge on any atom is -0.374 e. The molecule has 2 aromatic carbocycles. The van der Waals surface area contributed by atoms with E-state index in [0.717, 1.165) is 0 Å². The molecule has 0 aliphatic carbocycles. The zero-order valence-electron chi connectivity index (χ0n) is 13.0. The van der Waals surface area contributed by atoms with Crippen LogP contribution in [0.15, 0.2) is 42.5 Å². The largest absolute Gasteiger partial charge is 0.374 e. The number of fused-ring (bicyclic) bond motifs is 1. The molecule has 0 radical (unpaired) electrons. The number of benzene rings is 2. The third-order valence-electron chi connectivity index (χ3n) is 4.02. The SMILES string of the molecule is Cc1cc(NC(=O)c2ccccc2)cc2c1NC(=O)C2(O)CC#N. The quantitative estimate of drug-likeness (QED) is 0.807. The van der Waals surface area contributed by atoms with Gasteiger partial charge in [0.15, 0.2) is 5.60 Å². The van der Waals surface area contributed by atoms with Crippen LogP contribution in [-0.2, 0) is 10.4 Å². The van der Waals surface area contributed by atoms with Crippen molar-refractivity contribution in [2.75, 3.05) is 10.6 Å². The lowest BCUT2D eigenvalue weighted by Crippen LogP contribution is -2.33. The van der Waals surface area contributed by atoms with E-state index in [9.17, 15) is 14.7 Å². The fourth-order valence-electron chi connectivity index (χ4n) is 2.77. The van der Waals surface area contributed by atoms with Gasteiger partial charge >= 0.3 is 0 Å². The normalized spacial score (nSPS) is 18.5. The number of nitrogens with zero attached hydrogens (tertiary/aromatic N) is 1. The van der Waals surface area contributed by atoms with E-state index in [4.69, 9.17) is 5.26 Å². The lowest BCUT2D eigenvalue weighted by Gasteiger charge is -2.18. The standard InChI is InChI=1S/C18H15N3O3/c1-11-9-13(20-16(22)12-5-3-2-4-6-12)10-14-15(11)21-17(23)18(14,24)7-8-19/h2-6,9-10,24H,7H2,1H3,(H,20,22)(H,21,23). The average Bonchev–Trinajstić information content (AvgIpc) is 2.81. The van der Waals surface area contributed by atoms with Crippen molar-refractivity contribution in [2.45, 2.75) is 18.9 Å². The van der Waals surface area contributed by atoms with Crippen LogP contribution in [0.1, 0.15) is 27.9 Å². The predicted molar refractivity (Wildman–Crippen MR) is 88.3 cm³/mol. The molecule has 0 saturated carbocycles. The van der Waals surface area contributed by atoms with Crippen molar-refractivity contribution >= 4 is 23.2 Å². The summed E-state index contributed by atoms with van der Waals surface area (Å²) in [5, 5.41) is 24.8. The van der Waals surface area contributed by atoms with Gasteiger partial charge in [-0.2, -0.15) is 5.26 Å². The number of aryl methyl sites for hydroxylation is 1. The summed E-state index contributed by atoms with van der Waals surface area (Å²) in [7, 11) is 0. The van der Waals surface area contributed by atoms with E-state index in [2.05, 4.69) is 10.6 Å². The number of hydrogen-bond acceptors (Lipinski definition) is 4. The van der Waals surface area contributed by atoms with E-state index in [1.807, 2.05) is 12.1 Å². The monoisotopic (exact) mass is 321 g/mol. The lowest BCUT2D eigenvalue weighted by molar-refractivity contribution is -0.133. The summed E-state index contributed by atoms with van der Waals surface area (Å²) >= 11 is 0. The Hall–Kier alpha value is -3.17. The zero-order valence-corrected chi connectivity index (χ0v) is 13.0.